The molecule has 0 atom stereocenters. The highest BCUT2D eigenvalue weighted by Gasteiger charge is 2.13. The number of aryl methyl sites for hydroxylation is 2. The van der Waals surface area contributed by atoms with E-state index >= 15 is 0 Å². The number of nitrogens with one attached hydrogen (secondary N) is 2. The Hall–Kier alpha value is -4.76. The van der Waals surface area contributed by atoms with Gasteiger partial charge in [0.05, 0.1) is 5.75 Å². The van der Waals surface area contributed by atoms with E-state index in [1.54, 1.807) is 67.6 Å². The monoisotopic (exact) mass is 538 g/mol. The van der Waals surface area contributed by atoms with Crippen LogP contribution in [0.4, 0.5) is 11.4 Å². The normalized spacial score (nSPS) is 11.2. The number of aromatic nitrogens is 2. The van der Waals surface area contributed by atoms with Crippen LogP contribution in [0.5, 0.6) is 0 Å². The molecule has 1 amide bonds. The number of rotatable bonds is 8. The van der Waals surface area contributed by atoms with Crippen LogP contribution in [0.25, 0.3) is 22.6 Å². The molecule has 0 saturated heterocycles. The maximum absolute atomic E-state index is 12.8. The summed E-state index contributed by atoms with van der Waals surface area (Å²) in [6.07, 6.45) is 0. The van der Waals surface area contributed by atoms with Crippen LogP contribution in [0.3, 0.4) is 0 Å². The Bertz CT molecular complexity index is 1710. The van der Waals surface area contributed by atoms with Crippen LogP contribution in [-0.2, 0) is 15.8 Å². The standard InChI is InChI=1S/C30H26N4O4S/c1-20-8-9-25(30-33-32-21(2)38-30)18-28(20)23-10-12-24(13-11-23)29(35)31-26-14-16-27(17-15-26)34-39(36,37)19-22-6-4-3-5-7-22/h3-18,34H,19H2,1-2H3,(H,31,35). The van der Waals surface area contributed by atoms with E-state index < -0.39 is 10.0 Å². The van der Waals surface area contributed by atoms with Gasteiger partial charge in [0, 0.05) is 29.4 Å². The molecule has 0 radical (unpaired) electrons. The zero-order valence-electron chi connectivity index (χ0n) is 21.4. The molecule has 4 aromatic carbocycles. The molecule has 0 aliphatic rings. The van der Waals surface area contributed by atoms with Crippen LogP contribution in [0.2, 0.25) is 0 Å². The van der Waals surface area contributed by atoms with Gasteiger partial charge in [-0.25, -0.2) is 8.42 Å². The highest BCUT2D eigenvalue weighted by molar-refractivity contribution is 7.91. The van der Waals surface area contributed by atoms with E-state index in [1.165, 1.54) is 0 Å². The molecular formula is C30H26N4O4S. The molecule has 0 aliphatic carbocycles. The number of carbonyl (C=O) groups is 1. The van der Waals surface area contributed by atoms with E-state index in [0.29, 0.717) is 34.3 Å². The fourth-order valence-corrected chi connectivity index (χ4v) is 5.31. The second kappa shape index (κ2) is 10.9. The Kier molecular flexibility index (Phi) is 7.25. The van der Waals surface area contributed by atoms with E-state index in [9.17, 15) is 13.2 Å². The van der Waals surface area contributed by atoms with Gasteiger partial charge in [0.25, 0.3) is 5.91 Å². The first-order valence-electron chi connectivity index (χ1n) is 12.2. The number of hydrogen-bond donors (Lipinski definition) is 2. The molecule has 5 aromatic rings. The molecule has 0 unspecified atom stereocenters. The fraction of sp³-hybridized carbons (Fsp3) is 0.100. The van der Waals surface area contributed by atoms with Crippen molar-refractivity contribution in [1.82, 2.24) is 10.2 Å². The van der Waals surface area contributed by atoms with Gasteiger partial charge < -0.3 is 9.73 Å². The second-order valence-corrected chi connectivity index (χ2v) is 10.8. The van der Waals surface area contributed by atoms with Gasteiger partial charge in [-0.15, -0.1) is 10.2 Å². The first-order valence-corrected chi connectivity index (χ1v) is 13.9. The molecule has 2 N–H and O–H groups in total. The minimum atomic E-state index is -3.56. The van der Waals surface area contributed by atoms with E-state index in [4.69, 9.17) is 4.42 Å². The topological polar surface area (TPSA) is 114 Å². The number of anilines is 2. The molecule has 1 heterocycles. The Morgan fingerprint density at radius 2 is 1.46 bits per heavy atom. The van der Waals surface area contributed by atoms with Crippen molar-refractivity contribution in [2.45, 2.75) is 19.6 Å². The maximum Gasteiger partial charge on any atom is 0.255 e. The fourth-order valence-electron chi connectivity index (χ4n) is 4.11. The van der Waals surface area contributed by atoms with Crippen molar-refractivity contribution < 1.29 is 17.6 Å². The summed E-state index contributed by atoms with van der Waals surface area (Å²) < 4.78 is 33.1. The summed E-state index contributed by atoms with van der Waals surface area (Å²) in [4.78, 5) is 12.8. The molecule has 1 aromatic heterocycles. The molecule has 196 valence electrons. The second-order valence-electron chi connectivity index (χ2n) is 9.11. The Balaban J connectivity index is 1.24. The Morgan fingerprint density at radius 3 is 2.13 bits per heavy atom. The van der Waals surface area contributed by atoms with Gasteiger partial charge in [-0.2, -0.15) is 0 Å². The third kappa shape index (κ3) is 6.39. The predicted octanol–water partition coefficient (Wildman–Crippen LogP) is 6.21. The molecule has 5 rings (SSSR count). The average molecular weight is 539 g/mol. The van der Waals surface area contributed by atoms with Gasteiger partial charge in [0.15, 0.2) is 0 Å². The molecule has 39 heavy (non-hydrogen) atoms. The largest absolute Gasteiger partial charge is 0.421 e. The van der Waals surface area contributed by atoms with E-state index in [1.807, 2.05) is 43.3 Å². The van der Waals surface area contributed by atoms with Crippen molar-refractivity contribution in [3.63, 3.8) is 0 Å². The zero-order chi connectivity index (χ0) is 27.4. The number of carbonyl (C=O) groups excluding carboxylic acids is 1. The van der Waals surface area contributed by atoms with E-state index in [-0.39, 0.29) is 11.7 Å². The summed E-state index contributed by atoms with van der Waals surface area (Å²) in [5.74, 6) is 0.565. The molecule has 0 bridgehead atoms. The van der Waals surface area contributed by atoms with Gasteiger partial charge in [0.1, 0.15) is 0 Å². The SMILES string of the molecule is Cc1nnc(-c2ccc(C)c(-c3ccc(C(=O)Nc4ccc(NS(=O)(=O)Cc5ccccc5)cc4)cc3)c2)o1. The van der Waals surface area contributed by atoms with Gasteiger partial charge in [-0.3, -0.25) is 9.52 Å². The van der Waals surface area contributed by atoms with Crippen molar-refractivity contribution in [3.8, 4) is 22.6 Å². The minimum Gasteiger partial charge on any atom is -0.421 e. The Morgan fingerprint density at radius 1 is 0.795 bits per heavy atom. The maximum atomic E-state index is 12.8. The smallest absolute Gasteiger partial charge is 0.255 e. The zero-order valence-corrected chi connectivity index (χ0v) is 22.2. The highest BCUT2D eigenvalue weighted by Crippen LogP contribution is 2.29. The van der Waals surface area contributed by atoms with Crippen molar-refractivity contribution in [2.75, 3.05) is 10.0 Å². The van der Waals surface area contributed by atoms with Crippen LogP contribution >= 0.6 is 0 Å². The lowest BCUT2D eigenvalue weighted by molar-refractivity contribution is 0.102. The van der Waals surface area contributed by atoms with Crippen LogP contribution in [0.15, 0.2) is 101 Å². The molecular weight excluding hydrogens is 512 g/mol. The lowest BCUT2D eigenvalue weighted by Crippen LogP contribution is -2.15. The van der Waals surface area contributed by atoms with Crippen LogP contribution in [0.1, 0.15) is 27.4 Å². The molecule has 9 heteroatoms. The van der Waals surface area contributed by atoms with Crippen LogP contribution in [-0.4, -0.2) is 24.5 Å². The number of amides is 1. The lowest BCUT2D eigenvalue weighted by Gasteiger charge is -2.11. The molecule has 8 nitrogen and oxygen atoms in total. The summed E-state index contributed by atoms with van der Waals surface area (Å²) in [5.41, 5.74) is 6.01. The van der Waals surface area contributed by atoms with Gasteiger partial charge in [0.2, 0.25) is 21.8 Å². The predicted molar refractivity (Wildman–Crippen MR) is 152 cm³/mol. The van der Waals surface area contributed by atoms with Crippen LogP contribution < -0.4 is 10.0 Å². The third-order valence-corrected chi connectivity index (χ3v) is 7.34. The van der Waals surface area contributed by atoms with Gasteiger partial charge in [-0.05, 0) is 77.7 Å². The van der Waals surface area contributed by atoms with E-state index in [2.05, 4.69) is 20.2 Å². The summed E-state index contributed by atoms with van der Waals surface area (Å²) in [7, 11) is -3.56. The first kappa shape index (κ1) is 25.9. The molecule has 0 saturated carbocycles. The number of hydrogen-bond acceptors (Lipinski definition) is 6. The van der Waals surface area contributed by atoms with Gasteiger partial charge >= 0.3 is 0 Å². The Labute approximate surface area is 226 Å². The molecule has 0 spiro atoms. The lowest BCUT2D eigenvalue weighted by atomic mass is 9.97. The summed E-state index contributed by atoms with van der Waals surface area (Å²) >= 11 is 0. The number of benzene rings is 4. The van der Waals surface area contributed by atoms with Crippen LogP contribution in [0, 0.1) is 13.8 Å². The minimum absolute atomic E-state index is 0.122. The van der Waals surface area contributed by atoms with E-state index in [0.717, 1.165) is 22.3 Å². The van der Waals surface area contributed by atoms with Gasteiger partial charge in [-0.1, -0.05) is 48.5 Å². The average Bonchev–Trinajstić information content (AvgIpc) is 3.36. The first-order chi connectivity index (χ1) is 18.8. The van der Waals surface area contributed by atoms with Crippen molar-refractivity contribution >= 4 is 27.3 Å². The summed E-state index contributed by atoms with van der Waals surface area (Å²) in [6, 6.07) is 28.7. The quantitative estimate of drug-likeness (QED) is 0.243. The van der Waals surface area contributed by atoms with Crippen molar-refractivity contribution in [1.29, 1.82) is 0 Å². The van der Waals surface area contributed by atoms with Crippen molar-refractivity contribution in [2.24, 2.45) is 0 Å². The van der Waals surface area contributed by atoms with Crippen molar-refractivity contribution in [3.05, 3.63) is 120 Å². The third-order valence-electron chi connectivity index (χ3n) is 6.08. The molecule has 0 aliphatic heterocycles. The summed E-state index contributed by atoms with van der Waals surface area (Å²) in [6.45, 7) is 3.77. The molecule has 0 fully saturated rings. The highest BCUT2D eigenvalue weighted by atomic mass is 32.2. The number of nitrogens with zero attached hydrogens (tertiary/aromatic N) is 2. The number of sulfonamides is 1. The summed E-state index contributed by atoms with van der Waals surface area (Å²) in [5, 5.41) is 10.8.